The highest BCUT2D eigenvalue weighted by molar-refractivity contribution is 7.99. The van der Waals surface area contributed by atoms with Gasteiger partial charge in [-0.1, -0.05) is 32.0 Å². The highest BCUT2D eigenvalue weighted by Crippen LogP contribution is 2.48. The van der Waals surface area contributed by atoms with E-state index in [1.165, 1.54) is 0 Å². The lowest BCUT2D eigenvalue weighted by molar-refractivity contribution is -0.139. The monoisotopic (exact) mass is 416 g/mol. The molecule has 3 heterocycles. The van der Waals surface area contributed by atoms with Crippen LogP contribution in [0.25, 0.3) is 0 Å². The number of rotatable bonds is 4. The molecule has 0 bridgehead atoms. The average Bonchev–Trinajstić information content (AvgIpc) is 3.26. The molecule has 156 valence electrons. The zero-order valence-corrected chi connectivity index (χ0v) is 17.9. The fourth-order valence-corrected chi connectivity index (χ4v) is 5.69. The number of hydrogen-bond donors (Lipinski definition) is 1. The van der Waals surface area contributed by atoms with E-state index in [2.05, 4.69) is 10.2 Å². The van der Waals surface area contributed by atoms with Gasteiger partial charge in [-0.2, -0.15) is 0 Å². The van der Waals surface area contributed by atoms with Gasteiger partial charge >= 0.3 is 0 Å². The Kier molecular flexibility index (Phi) is 5.57. The topological polar surface area (TPSA) is 73.0 Å². The first-order valence-corrected chi connectivity index (χ1v) is 11.2. The molecule has 7 nitrogen and oxygen atoms in total. The Morgan fingerprint density at radius 3 is 2.52 bits per heavy atom. The second kappa shape index (κ2) is 7.99. The molecule has 1 aromatic rings. The number of hydrogen-bond acceptors (Lipinski definition) is 5. The summed E-state index contributed by atoms with van der Waals surface area (Å²) in [6.07, 6.45) is 0. The fraction of sp³-hybridized carbons (Fsp3) is 0.571. The third-order valence-electron chi connectivity index (χ3n) is 6.04. The molecule has 0 aliphatic carbocycles. The van der Waals surface area contributed by atoms with E-state index < -0.39 is 12.1 Å². The van der Waals surface area contributed by atoms with Gasteiger partial charge in [-0.25, -0.2) is 0 Å². The SMILES string of the molecule is CC(C)C(NC(=O)C1CSC2c3ccccc3C(=O)N12)C(=O)N1CCN(C)CC1. The van der Waals surface area contributed by atoms with Crippen LogP contribution in [0.4, 0.5) is 0 Å². The zero-order valence-electron chi connectivity index (χ0n) is 17.1. The Labute approximate surface area is 175 Å². The molecule has 0 spiro atoms. The summed E-state index contributed by atoms with van der Waals surface area (Å²) in [5.74, 6) is 0.163. The second-order valence-electron chi connectivity index (χ2n) is 8.36. The van der Waals surface area contributed by atoms with Crippen LogP contribution >= 0.6 is 11.8 Å². The maximum atomic E-state index is 13.1. The van der Waals surface area contributed by atoms with Gasteiger partial charge in [-0.05, 0) is 24.6 Å². The van der Waals surface area contributed by atoms with Crippen LogP contribution in [0.3, 0.4) is 0 Å². The highest BCUT2D eigenvalue weighted by Gasteiger charge is 2.48. The van der Waals surface area contributed by atoms with E-state index in [0.29, 0.717) is 24.4 Å². The molecule has 1 N–H and O–H groups in total. The molecule has 3 unspecified atom stereocenters. The van der Waals surface area contributed by atoms with Crippen molar-refractivity contribution >= 4 is 29.5 Å². The minimum absolute atomic E-state index is 0.0255. The predicted molar refractivity (Wildman–Crippen MR) is 112 cm³/mol. The fourth-order valence-electron chi connectivity index (χ4n) is 4.23. The number of nitrogens with one attached hydrogen (secondary N) is 1. The molecule has 3 amide bonds. The first-order chi connectivity index (χ1) is 13.9. The number of thioether (sulfide) groups is 1. The van der Waals surface area contributed by atoms with Gasteiger partial charge in [0.1, 0.15) is 17.5 Å². The van der Waals surface area contributed by atoms with Crippen LogP contribution in [-0.2, 0) is 9.59 Å². The number of benzene rings is 1. The van der Waals surface area contributed by atoms with E-state index in [-0.39, 0.29) is 29.0 Å². The Hall–Kier alpha value is -2.06. The average molecular weight is 417 g/mol. The van der Waals surface area contributed by atoms with Gasteiger partial charge in [0.25, 0.3) is 5.91 Å². The van der Waals surface area contributed by atoms with Gasteiger partial charge in [0, 0.05) is 37.5 Å². The Bertz CT molecular complexity index is 822. The van der Waals surface area contributed by atoms with E-state index in [9.17, 15) is 14.4 Å². The quantitative estimate of drug-likeness (QED) is 0.798. The van der Waals surface area contributed by atoms with Crippen molar-refractivity contribution in [1.29, 1.82) is 0 Å². The van der Waals surface area contributed by atoms with Gasteiger partial charge in [0.2, 0.25) is 11.8 Å². The normalized spacial score (nSPS) is 25.2. The summed E-state index contributed by atoms with van der Waals surface area (Å²) in [5, 5.41) is 2.86. The van der Waals surface area contributed by atoms with E-state index in [4.69, 9.17) is 0 Å². The molecule has 29 heavy (non-hydrogen) atoms. The lowest BCUT2D eigenvalue weighted by Crippen LogP contribution is -2.58. The van der Waals surface area contributed by atoms with Crippen molar-refractivity contribution < 1.29 is 14.4 Å². The molecule has 0 saturated carbocycles. The number of nitrogens with zero attached hydrogens (tertiary/aromatic N) is 3. The van der Waals surface area contributed by atoms with Gasteiger partial charge in [0.05, 0.1) is 0 Å². The Morgan fingerprint density at radius 2 is 1.83 bits per heavy atom. The molecule has 4 rings (SSSR count). The molecular weight excluding hydrogens is 388 g/mol. The predicted octanol–water partition coefficient (Wildman–Crippen LogP) is 1.17. The number of likely N-dealkylation sites (N-methyl/N-ethyl adjacent to an activating group) is 1. The molecule has 2 saturated heterocycles. The Balaban J connectivity index is 1.47. The zero-order chi connectivity index (χ0) is 20.7. The van der Waals surface area contributed by atoms with E-state index in [0.717, 1.165) is 18.7 Å². The lowest BCUT2D eigenvalue weighted by atomic mass is 10.0. The summed E-state index contributed by atoms with van der Waals surface area (Å²) >= 11 is 1.61. The molecule has 3 atom stereocenters. The smallest absolute Gasteiger partial charge is 0.256 e. The van der Waals surface area contributed by atoms with Crippen LogP contribution in [0.2, 0.25) is 0 Å². The highest BCUT2D eigenvalue weighted by atomic mass is 32.2. The largest absolute Gasteiger partial charge is 0.342 e. The Morgan fingerprint density at radius 1 is 1.14 bits per heavy atom. The third-order valence-corrected chi connectivity index (χ3v) is 7.35. The van der Waals surface area contributed by atoms with Crippen molar-refractivity contribution in [2.24, 2.45) is 5.92 Å². The van der Waals surface area contributed by atoms with Crippen molar-refractivity contribution in [3.05, 3.63) is 35.4 Å². The van der Waals surface area contributed by atoms with E-state index >= 15 is 0 Å². The molecular formula is C21H28N4O3S. The summed E-state index contributed by atoms with van der Waals surface area (Å²) in [7, 11) is 2.04. The molecule has 1 aromatic carbocycles. The first kappa shape index (κ1) is 20.2. The lowest BCUT2D eigenvalue weighted by Gasteiger charge is -2.36. The summed E-state index contributed by atoms with van der Waals surface area (Å²) in [6.45, 7) is 6.92. The number of amides is 3. The van der Waals surface area contributed by atoms with Crippen molar-refractivity contribution in [3.8, 4) is 0 Å². The van der Waals surface area contributed by atoms with Gasteiger partial charge in [-0.3, -0.25) is 14.4 Å². The standard InChI is InChI=1S/C21H28N4O3S/c1-13(2)17(20(28)24-10-8-23(3)9-11-24)22-18(26)16-12-29-21-15-7-5-4-6-14(15)19(27)25(16)21/h4-7,13,16-17,21H,8-12H2,1-3H3,(H,22,26). The van der Waals surface area contributed by atoms with Crippen LogP contribution < -0.4 is 5.32 Å². The maximum Gasteiger partial charge on any atom is 0.256 e. The molecule has 3 aliphatic rings. The van der Waals surface area contributed by atoms with Crippen molar-refractivity contribution in [2.45, 2.75) is 31.3 Å². The minimum Gasteiger partial charge on any atom is -0.342 e. The first-order valence-electron chi connectivity index (χ1n) is 10.2. The minimum atomic E-state index is -0.574. The van der Waals surface area contributed by atoms with Crippen LogP contribution in [-0.4, -0.2) is 83.5 Å². The number of carbonyl (C=O) groups excluding carboxylic acids is 3. The van der Waals surface area contributed by atoms with E-state index in [1.54, 1.807) is 16.7 Å². The molecule has 8 heteroatoms. The van der Waals surface area contributed by atoms with Crippen molar-refractivity contribution in [3.63, 3.8) is 0 Å². The van der Waals surface area contributed by atoms with Crippen LogP contribution in [0, 0.1) is 5.92 Å². The van der Waals surface area contributed by atoms with Gasteiger partial charge in [-0.15, -0.1) is 11.8 Å². The second-order valence-corrected chi connectivity index (χ2v) is 9.47. The molecule has 0 radical (unpaired) electrons. The number of carbonyl (C=O) groups is 3. The molecule has 0 aromatic heterocycles. The summed E-state index contributed by atoms with van der Waals surface area (Å²) in [6, 6.07) is 6.43. The van der Waals surface area contributed by atoms with Gasteiger partial charge < -0.3 is 20.0 Å². The van der Waals surface area contributed by atoms with Crippen molar-refractivity contribution in [2.75, 3.05) is 39.0 Å². The number of fused-ring (bicyclic) bond motifs is 3. The summed E-state index contributed by atoms with van der Waals surface area (Å²) in [5.41, 5.74) is 1.66. The summed E-state index contributed by atoms with van der Waals surface area (Å²) in [4.78, 5) is 44.8. The molecule has 3 aliphatic heterocycles. The third kappa shape index (κ3) is 3.64. The number of piperazine rings is 1. The van der Waals surface area contributed by atoms with E-state index in [1.807, 2.05) is 50.1 Å². The molecule has 2 fully saturated rings. The van der Waals surface area contributed by atoms with Crippen LogP contribution in [0.15, 0.2) is 24.3 Å². The van der Waals surface area contributed by atoms with Crippen LogP contribution in [0.1, 0.15) is 35.1 Å². The van der Waals surface area contributed by atoms with Gasteiger partial charge in [0.15, 0.2) is 0 Å². The summed E-state index contributed by atoms with van der Waals surface area (Å²) < 4.78 is 0. The van der Waals surface area contributed by atoms with Crippen LogP contribution in [0.5, 0.6) is 0 Å². The maximum absolute atomic E-state index is 13.1. The van der Waals surface area contributed by atoms with Crippen molar-refractivity contribution in [1.82, 2.24) is 20.0 Å².